The van der Waals surface area contributed by atoms with Crippen LogP contribution in [0.1, 0.15) is 18.4 Å². The summed E-state index contributed by atoms with van der Waals surface area (Å²) in [7, 11) is -2.91. The van der Waals surface area contributed by atoms with E-state index in [2.05, 4.69) is 19.8 Å². The number of thiazole rings is 1. The lowest BCUT2D eigenvalue weighted by Gasteiger charge is -2.14. The number of hydrogen-bond donors (Lipinski definition) is 2. The summed E-state index contributed by atoms with van der Waals surface area (Å²) in [6.45, 7) is 0.755. The second-order valence-corrected chi connectivity index (χ2v) is 10.5. The number of carbonyl (C=O) groups is 1. The van der Waals surface area contributed by atoms with Crippen LogP contribution in [0.4, 0.5) is 10.2 Å². The molecule has 0 amide bonds. The number of esters is 1. The number of benzene rings is 2. The molecule has 0 saturated heterocycles. The van der Waals surface area contributed by atoms with E-state index in [9.17, 15) is 17.6 Å². The molecule has 0 aliphatic rings. The van der Waals surface area contributed by atoms with Gasteiger partial charge >= 0.3 is 5.97 Å². The van der Waals surface area contributed by atoms with Crippen LogP contribution in [-0.4, -0.2) is 39.6 Å². The van der Waals surface area contributed by atoms with Crippen LogP contribution in [0, 0.1) is 5.82 Å². The smallest absolute Gasteiger partial charge is 0.319 e. The van der Waals surface area contributed by atoms with E-state index in [1.807, 2.05) is 0 Å². The third-order valence-electron chi connectivity index (χ3n) is 4.74. The molecular weight excluding hydrogens is 540 g/mol. The number of anilines is 1. The molecule has 0 radical (unpaired) electrons. The maximum Gasteiger partial charge on any atom is 0.319 e. The van der Waals surface area contributed by atoms with Crippen molar-refractivity contribution in [2.75, 3.05) is 24.9 Å². The van der Waals surface area contributed by atoms with Gasteiger partial charge in [0.25, 0.3) is 10.0 Å². The fraction of sp³-hybridized carbons (Fsp3) is 0.273. The molecule has 0 atom stereocenters. The van der Waals surface area contributed by atoms with Gasteiger partial charge in [-0.2, -0.15) is 0 Å². The van der Waals surface area contributed by atoms with Gasteiger partial charge in [0.05, 0.1) is 24.2 Å². The predicted molar refractivity (Wildman–Crippen MR) is 134 cm³/mol. The second kappa shape index (κ2) is 12.5. The van der Waals surface area contributed by atoms with Crippen LogP contribution in [0.2, 0.25) is 10.0 Å². The molecule has 2 aromatic carbocycles. The van der Waals surface area contributed by atoms with Crippen molar-refractivity contribution in [1.29, 1.82) is 0 Å². The molecule has 188 valence electrons. The van der Waals surface area contributed by atoms with E-state index in [0.717, 1.165) is 30.5 Å². The Morgan fingerprint density at radius 2 is 1.97 bits per heavy atom. The highest BCUT2D eigenvalue weighted by Crippen LogP contribution is 2.36. The average molecular weight is 562 g/mol. The normalized spacial score (nSPS) is 11.3. The highest BCUT2D eigenvalue weighted by molar-refractivity contribution is 7.92. The number of sulfonamides is 1. The Labute approximate surface area is 216 Å². The lowest BCUT2D eigenvalue weighted by Crippen LogP contribution is -2.24. The molecule has 0 unspecified atom stereocenters. The molecule has 3 aromatic rings. The van der Waals surface area contributed by atoms with E-state index >= 15 is 0 Å². The Hall–Kier alpha value is -2.44. The van der Waals surface area contributed by atoms with Crippen LogP contribution in [0.5, 0.6) is 11.5 Å². The maximum atomic E-state index is 14.8. The molecule has 1 aromatic heterocycles. The quantitative estimate of drug-likeness (QED) is 0.229. The first kappa shape index (κ1) is 27.2. The molecule has 0 saturated carbocycles. The van der Waals surface area contributed by atoms with E-state index in [-0.39, 0.29) is 29.1 Å². The number of rotatable bonds is 12. The van der Waals surface area contributed by atoms with Gasteiger partial charge in [-0.15, -0.1) is 11.3 Å². The number of aryl methyl sites for hydroxylation is 1. The minimum atomic E-state index is -4.24. The molecule has 1 heterocycles. The van der Waals surface area contributed by atoms with Crippen LogP contribution < -0.4 is 14.8 Å². The highest BCUT2D eigenvalue weighted by atomic mass is 35.5. The van der Waals surface area contributed by atoms with Gasteiger partial charge in [-0.1, -0.05) is 23.2 Å². The van der Waals surface area contributed by atoms with Gasteiger partial charge in [0, 0.05) is 16.5 Å². The van der Waals surface area contributed by atoms with E-state index in [4.69, 9.17) is 27.9 Å². The zero-order valence-corrected chi connectivity index (χ0v) is 21.7. The number of hydrogen-bond acceptors (Lipinski definition) is 8. The van der Waals surface area contributed by atoms with E-state index in [1.165, 1.54) is 29.3 Å². The number of ether oxygens (including phenoxy) is 2. The zero-order chi connectivity index (χ0) is 25.4. The summed E-state index contributed by atoms with van der Waals surface area (Å²) in [6, 6.07) is 6.91. The van der Waals surface area contributed by atoms with Crippen LogP contribution >= 0.6 is 34.5 Å². The van der Waals surface area contributed by atoms with Gasteiger partial charge in [0.15, 0.2) is 5.82 Å². The predicted octanol–water partition coefficient (Wildman–Crippen LogP) is 5.27. The molecule has 0 aliphatic carbocycles. The largest absolute Gasteiger partial charge is 0.468 e. The number of nitrogens with zero attached hydrogens (tertiary/aromatic N) is 1. The number of nitrogens with one attached hydrogen (secondary N) is 2. The lowest BCUT2D eigenvalue weighted by atomic mass is 10.1. The van der Waals surface area contributed by atoms with E-state index in [1.54, 1.807) is 18.2 Å². The summed E-state index contributed by atoms with van der Waals surface area (Å²) in [5.74, 6) is -0.914. The van der Waals surface area contributed by atoms with Gasteiger partial charge < -0.3 is 14.8 Å². The number of methoxy groups -OCH3 is 1. The maximum absolute atomic E-state index is 14.8. The SMILES string of the molecule is COC(=O)CNCCCCc1cc(Cl)ccc1Oc1cc(F)c(S(=O)(=O)Nc2cscn2)cc1Cl. The number of carbonyl (C=O) groups excluding carboxylic acids is 1. The third kappa shape index (κ3) is 7.77. The minimum absolute atomic E-state index is 0.0416. The fourth-order valence-corrected chi connectivity index (χ4v) is 5.15. The van der Waals surface area contributed by atoms with E-state index < -0.39 is 20.7 Å². The monoisotopic (exact) mass is 561 g/mol. The van der Waals surface area contributed by atoms with Gasteiger partial charge in [-0.05, 0) is 55.6 Å². The number of unbranched alkanes of at least 4 members (excludes halogenated alkanes) is 1. The van der Waals surface area contributed by atoms with Gasteiger partial charge in [-0.3, -0.25) is 9.52 Å². The van der Waals surface area contributed by atoms with Crippen molar-refractivity contribution in [1.82, 2.24) is 10.3 Å². The summed E-state index contributed by atoms with van der Waals surface area (Å²) in [5.41, 5.74) is 2.21. The topological polar surface area (TPSA) is 107 Å². The van der Waals surface area contributed by atoms with Crippen molar-refractivity contribution >= 4 is 56.3 Å². The molecular formula is C22H22Cl2FN3O5S2. The summed E-state index contributed by atoms with van der Waals surface area (Å²) in [4.78, 5) is 14.3. The molecule has 2 N–H and O–H groups in total. The van der Waals surface area contributed by atoms with Crippen LogP contribution in [-0.2, 0) is 26.0 Å². The molecule has 3 rings (SSSR count). The Morgan fingerprint density at radius 3 is 2.69 bits per heavy atom. The molecule has 0 spiro atoms. The van der Waals surface area contributed by atoms with Crippen LogP contribution in [0.3, 0.4) is 0 Å². The van der Waals surface area contributed by atoms with Crippen molar-refractivity contribution in [2.45, 2.75) is 24.2 Å². The first-order chi connectivity index (χ1) is 16.7. The Balaban J connectivity index is 1.70. The van der Waals surface area contributed by atoms with Crippen molar-refractivity contribution in [3.05, 3.63) is 62.6 Å². The summed E-state index contributed by atoms with van der Waals surface area (Å²) in [5, 5.41) is 4.88. The fourth-order valence-electron chi connectivity index (χ4n) is 3.04. The number of halogens is 3. The van der Waals surface area contributed by atoms with Crippen molar-refractivity contribution in [3.63, 3.8) is 0 Å². The number of aromatic nitrogens is 1. The summed E-state index contributed by atoms with van der Waals surface area (Å²) in [6.07, 6.45) is 2.13. The zero-order valence-electron chi connectivity index (χ0n) is 18.5. The van der Waals surface area contributed by atoms with Gasteiger partial charge in [0.1, 0.15) is 22.2 Å². The molecule has 13 heteroatoms. The molecule has 35 heavy (non-hydrogen) atoms. The van der Waals surface area contributed by atoms with Gasteiger partial charge in [0.2, 0.25) is 0 Å². The van der Waals surface area contributed by atoms with Crippen LogP contribution in [0.15, 0.2) is 46.1 Å². The Bertz CT molecular complexity index is 1270. The van der Waals surface area contributed by atoms with Crippen molar-refractivity contribution in [3.8, 4) is 11.5 Å². The minimum Gasteiger partial charge on any atom is -0.468 e. The van der Waals surface area contributed by atoms with E-state index in [0.29, 0.717) is 23.7 Å². The first-order valence-corrected chi connectivity index (χ1v) is 13.5. The summed E-state index contributed by atoms with van der Waals surface area (Å²) < 4.78 is 52.5. The van der Waals surface area contributed by atoms with Crippen molar-refractivity contribution in [2.24, 2.45) is 0 Å². The molecule has 8 nitrogen and oxygen atoms in total. The van der Waals surface area contributed by atoms with Crippen molar-refractivity contribution < 1.29 is 27.1 Å². The lowest BCUT2D eigenvalue weighted by molar-refractivity contribution is -0.139. The third-order valence-corrected chi connectivity index (χ3v) is 7.22. The molecule has 0 aliphatic heterocycles. The average Bonchev–Trinajstić information content (AvgIpc) is 3.31. The Morgan fingerprint density at radius 1 is 1.17 bits per heavy atom. The molecule has 0 bridgehead atoms. The first-order valence-electron chi connectivity index (χ1n) is 10.3. The Kier molecular flexibility index (Phi) is 9.70. The second-order valence-electron chi connectivity index (χ2n) is 7.26. The highest BCUT2D eigenvalue weighted by Gasteiger charge is 2.23. The molecule has 0 fully saturated rings. The standard InChI is InChI=1S/C22H22Cl2FN3O5S2/c1-32-22(29)11-26-7-3-2-4-14-8-15(23)5-6-18(14)33-19-10-17(25)20(9-16(19)24)35(30,31)28-21-12-34-13-27-21/h5-6,8-10,12-13,26,28H,2-4,7,11H2,1H3. The summed E-state index contributed by atoms with van der Waals surface area (Å²) >= 11 is 13.6. The van der Waals surface area contributed by atoms with Gasteiger partial charge in [-0.25, -0.2) is 17.8 Å². The van der Waals surface area contributed by atoms with Crippen LogP contribution in [0.25, 0.3) is 0 Å².